The van der Waals surface area contributed by atoms with Gasteiger partial charge in [0.15, 0.2) is 5.78 Å². The number of hydrogen-bond acceptors (Lipinski definition) is 2. The van der Waals surface area contributed by atoms with Crippen LogP contribution in [0.4, 0.5) is 0 Å². The monoisotopic (exact) mass is 126 g/mol. The molecule has 0 spiro atoms. The van der Waals surface area contributed by atoms with Gasteiger partial charge in [-0.1, -0.05) is 18.2 Å². The number of aliphatic hydroxyl groups excluding tert-OH is 1. The van der Waals surface area contributed by atoms with E-state index in [2.05, 4.69) is 0 Å². The number of carbonyl (C=O) groups is 1. The molecule has 0 aromatic rings. The van der Waals surface area contributed by atoms with Crippen molar-refractivity contribution in [3.05, 3.63) is 24.3 Å². The molecule has 0 amide bonds. The van der Waals surface area contributed by atoms with E-state index in [1.165, 1.54) is 13.0 Å². The highest BCUT2D eigenvalue weighted by atomic mass is 16.2. The maximum absolute atomic E-state index is 10.2. The first kappa shape index (κ1) is 8.11. The molecule has 0 saturated heterocycles. The highest BCUT2D eigenvalue weighted by molar-refractivity contribution is 5.87. The van der Waals surface area contributed by atoms with E-state index in [-0.39, 0.29) is 12.4 Å². The topological polar surface area (TPSA) is 37.3 Å². The average molecular weight is 126 g/mol. The molecule has 0 rings (SSSR count). The highest BCUT2D eigenvalue weighted by Crippen LogP contribution is 1.77. The largest absolute Gasteiger partial charge is 0.392 e. The molecular weight excluding hydrogens is 116 g/mol. The molecule has 2 heteroatoms. The second-order valence-corrected chi connectivity index (χ2v) is 1.58. The van der Waals surface area contributed by atoms with Crippen LogP contribution in [0, 0.1) is 0 Å². The van der Waals surface area contributed by atoms with Gasteiger partial charge < -0.3 is 5.11 Å². The summed E-state index contributed by atoms with van der Waals surface area (Å²) in [6, 6.07) is 0. The van der Waals surface area contributed by atoms with Crippen LogP contribution in [0.25, 0.3) is 0 Å². The molecule has 2 nitrogen and oxygen atoms in total. The summed E-state index contributed by atoms with van der Waals surface area (Å²) >= 11 is 0. The number of carbonyl (C=O) groups excluding carboxylic acids is 1. The highest BCUT2D eigenvalue weighted by Gasteiger charge is 1.75. The van der Waals surface area contributed by atoms with Crippen LogP contribution in [0.1, 0.15) is 6.92 Å². The molecule has 0 aliphatic heterocycles. The van der Waals surface area contributed by atoms with Gasteiger partial charge in [-0.2, -0.15) is 0 Å². The Morgan fingerprint density at radius 1 is 1.56 bits per heavy atom. The maximum atomic E-state index is 10.2. The van der Waals surface area contributed by atoms with Gasteiger partial charge in [0.1, 0.15) is 0 Å². The molecule has 0 radical (unpaired) electrons. The van der Waals surface area contributed by atoms with Crippen LogP contribution >= 0.6 is 0 Å². The lowest BCUT2D eigenvalue weighted by atomic mass is 10.4. The van der Waals surface area contributed by atoms with Crippen LogP contribution in [-0.2, 0) is 4.79 Å². The average Bonchev–Trinajstić information content (AvgIpc) is 1.80. The van der Waals surface area contributed by atoms with E-state index >= 15 is 0 Å². The van der Waals surface area contributed by atoms with Crippen molar-refractivity contribution in [2.75, 3.05) is 6.61 Å². The van der Waals surface area contributed by atoms with E-state index in [0.717, 1.165) is 0 Å². The molecule has 0 saturated carbocycles. The summed E-state index contributed by atoms with van der Waals surface area (Å²) in [5, 5.41) is 8.23. The second kappa shape index (κ2) is 5.25. The summed E-state index contributed by atoms with van der Waals surface area (Å²) in [4.78, 5) is 10.2. The summed E-state index contributed by atoms with van der Waals surface area (Å²) in [5.41, 5.74) is 0. The molecule has 0 bridgehead atoms. The second-order valence-electron chi connectivity index (χ2n) is 1.58. The fraction of sp³-hybridized carbons (Fsp3) is 0.286. The zero-order chi connectivity index (χ0) is 7.11. The zero-order valence-electron chi connectivity index (χ0n) is 5.37. The third-order valence-corrected chi connectivity index (χ3v) is 0.684. The summed E-state index contributed by atoms with van der Waals surface area (Å²) < 4.78 is 0. The molecule has 1 N–H and O–H groups in total. The van der Waals surface area contributed by atoms with Crippen LogP contribution < -0.4 is 0 Å². The van der Waals surface area contributed by atoms with Crippen molar-refractivity contribution in [3.63, 3.8) is 0 Å². The fourth-order valence-electron chi connectivity index (χ4n) is 0.330. The number of rotatable bonds is 3. The van der Waals surface area contributed by atoms with Crippen LogP contribution in [0.5, 0.6) is 0 Å². The summed E-state index contributed by atoms with van der Waals surface area (Å²) in [7, 11) is 0. The first-order valence-electron chi connectivity index (χ1n) is 2.72. The first-order valence-corrected chi connectivity index (χ1v) is 2.72. The lowest BCUT2D eigenvalue weighted by Gasteiger charge is -1.75. The van der Waals surface area contributed by atoms with Gasteiger partial charge in [0.25, 0.3) is 0 Å². The molecule has 0 atom stereocenters. The minimum atomic E-state index is 0.0117. The van der Waals surface area contributed by atoms with Crippen molar-refractivity contribution in [2.24, 2.45) is 0 Å². The number of hydrogen-bond donors (Lipinski definition) is 1. The van der Waals surface area contributed by atoms with Crippen molar-refractivity contribution >= 4 is 5.78 Å². The van der Waals surface area contributed by atoms with Gasteiger partial charge in [-0.05, 0) is 13.0 Å². The van der Waals surface area contributed by atoms with Crippen molar-refractivity contribution in [1.29, 1.82) is 0 Å². The van der Waals surface area contributed by atoms with E-state index in [1.54, 1.807) is 18.2 Å². The molecule has 0 aliphatic rings. The van der Waals surface area contributed by atoms with E-state index in [4.69, 9.17) is 5.11 Å². The van der Waals surface area contributed by atoms with Crippen molar-refractivity contribution in [2.45, 2.75) is 6.92 Å². The fourth-order valence-corrected chi connectivity index (χ4v) is 0.330. The van der Waals surface area contributed by atoms with Gasteiger partial charge in [-0.15, -0.1) is 0 Å². The predicted molar refractivity (Wildman–Crippen MR) is 36.0 cm³/mol. The van der Waals surface area contributed by atoms with Gasteiger partial charge in [-0.25, -0.2) is 0 Å². The molecule has 0 heterocycles. The molecule has 0 aromatic heterocycles. The van der Waals surface area contributed by atoms with Crippen LogP contribution in [0.15, 0.2) is 24.3 Å². The number of allylic oxidation sites excluding steroid dienone is 3. The summed E-state index contributed by atoms with van der Waals surface area (Å²) in [6.07, 6.45) is 6.21. The third kappa shape index (κ3) is 7.11. The Labute approximate surface area is 54.5 Å². The molecule has 0 aromatic carbocycles. The van der Waals surface area contributed by atoms with E-state index in [0.29, 0.717) is 0 Å². The van der Waals surface area contributed by atoms with Gasteiger partial charge in [0.2, 0.25) is 0 Å². The molecule has 50 valence electrons. The minimum Gasteiger partial charge on any atom is -0.392 e. The van der Waals surface area contributed by atoms with Crippen molar-refractivity contribution in [3.8, 4) is 0 Å². The lowest BCUT2D eigenvalue weighted by molar-refractivity contribution is -0.112. The van der Waals surface area contributed by atoms with Crippen molar-refractivity contribution in [1.82, 2.24) is 0 Å². The Morgan fingerprint density at radius 3 is 2.67 bits per heavy atom. The van der Waals surface area contributed by atoms with E-state index in [9.17, 15) is 4.79 Å². The smallest absolute Gasteiger partial charge is 0.152 e. The number of ketones is 1. The number of aliphatic hydroxyl groups is 1. The lowest BCUT2D eigenvalue weighted by Crippen LogP contribution is -1.77. The summed E-state index contributed by atoms with van der Waals surface area (Å²) in [5.74, 6) is 0.0117. The molecule has 9 heavy (non-hydrogen) atoms. The van der Waals surface area contributed by atoms with Crippen molar-refractivity contribution < 1.29 is 9.90 Å². The van der Waals surface area contributed by atoms with Gasteiger partial charge in [0, 0.05) is 0 Å². The zero-order valence-corrected chi connectivity index (χ0v) is 5.37. The Hall–Kier alpha value is -0.890. The first-order chi connectivity index (χ1) is 4.27. The SMILES string of the molecule is CC(=O)/C=C\C=C\CO. The van der Waals surface area contributed by atoms with Gasteiger partial charge in [0.05, 0.1) is 6.61 Å². The Morgan fingerprint density at radius 2 is 2.22 bits per heavy atom. The standard InChI is InChI=1S/C7H10O2/c1-7(9)5-3-2-4-6-8/h2-5,8H,6H2,1H3/b4-2+,5-3-. The van der Waals surface area contributed by atoms with Crippen LogP contribution in [-0.4, -0.2) is 17.5 Å². The quantitative estimate of drug-likeness (QED) is 0.446. The van der Waals surface area contributed by atoms with E-state index in [1.807, 2.05) is 0 Å². The molecule has 0 aliphatic carbocycles. The Kier molecular flexibility index (Phi) is 4.73. The third-order valence-electron chi connectivity index (χ3n) is 0.684. The minimum absolute atomic E-state index is 0.0117. The predicted octanol–water partition coefficient (Wildman–Crippen LogP) is 0.680. The Balaban J connectivity index is 3.47. The maximum Gasteiger partial charge on any atom is 0.152 e. The summed E-state index contributed by atoms with van der Waals surface area (Å²) in [6.45, 7) is 1.49. The Bertz CT molecular complexity index is 134. The molecular formula is C7H10O2. The van der Waals surface area contributed by atoms with E-state index < -0.39 is 0 Å². The van der Waals surface area contributed by atoms with Crippen LogP contribution in [0.2, 0.25) is 0 Å². The van der Waals surface area contributed by atoms with Gasteiger partial charge >= 0.3 is 0 Å². The molecule has 0 fully saturated rings. The normalized spacial score (nSPS) is 11.3. The van der Waals surface area contributed by atoms with Gasteiger partial charge in [-0.3, -0.25) is 4.79 Å². The van der Waals surface area contributed by atoms with Crippen LogP contribution in [0.3, 0.4) is 0 Å². The molecule has 0 unspecified atom stereocenters.